The summed E-state index contributed by atoms with van der Waals surface area (Å²) < 4.78 is 11.7. The molecule has 1 saturated heterocycles. The van der Waals surface area contributed by atoms with Crippen molar-refractivity contribution in [3.8, 4) is 5.75 Å². The highest BCUT2D eigenvalue weighted by Crippen LogP contribution is 2.26. The molecule has 0 aromatic carbocycles. The molecule has 1 aromatic rings. The lowest BCUT2D eigenvalue weighted by molar-refractivity contribution is 0.111. The summed E-state index contributed by atoms with van der Waals surface area (Å²) in [7, 11) is 1.67. The van der Waals surface area contributed by atoms with E-state index in [0.717, 1.165) is 50.2 Å². The second-order valence-corrected chi connectivity index (χ2v) is 8.69. The largest absolute Gasteiger partial charge is 0.489 e. The van der Waals surface area contributed by atoms with Gasteiger partial charge < -0.3 is 25.1 Å². The van der Waals surface area contributed by atoms with Gasteiger partial charge in [0.15, 0.2) is 0 Å². The fraction of sp³-hybridized carbons (Fsp3) is 0.652. The van der Waals surface area contributed by atoms with Crippen molar-refractivity contribution in [2.45, 2.75) is 64.9 Å². The molecule has 1 unspecified atom stereocenters. The van der Waals surface area contributed by atoms with Crippen molar-refractivity contribution in [1.29, 1.82) is 0 Å². The molecule has 8 heteroatoms. The summed E-state index contributed by atoms with van der Waals surface area (Å²) in [6.45, 7) is 5.52. The molecule has 1 saturated carbocycles. The normalized spacial score (nSPS) is 20.4. The fourth-order valence-corrected chi connectivity index (χ4v) is 4.26. The van der Waals surface area contributed by atoms with Gasteiger partial charge in [-0.1, -0.05) is 19.8 Å². The van der Waals surface area contributed by atoms with E-state index in [1.165, 1.54) is 24.3 Å². The van der Waals surface area contributed by atoms with Gasteiger partial charge in [-0.05, 0) is 57.1 Å². The van der Waals surface area contributed by atoms with Gasteiger partial charge in [-0.2, -0.15) is 0 Å². The van der Waals surface area contributed by atoms with Gasteiger partial charge in [0.2, 0.25) is 0 Å². The van der Waals surface area contributed by atoms with E-state index >= 15 is 0 Å². The summed E-state index contributed by atoms with van der Waals surface area (Å²) >= 11 is 0. The number of aryl methyl sites for hydroxylation is 1. The average molecular weight is 432 g/mol. The van der Waals surface area contributed by atoms with Crippen LogP contribution in [0.4, 0.5) is 4.79 Å². The van der Waals surface area contributed by atoms with Crippen LogP contribution in [0.1, 0.15) is 63.3 Å². The zero-order valence-corrected chi connectivity index (χ0v) is 19.1. The first-order valence-electron chi connectivity index (χ1n) is 11.4. The number of aromatic nitrogens is 1. The monoisotopic (exact) mass is 431 g/mol. The maximum Gasteiger partial charge on any atom is 0.410 e. The minimum absolute atomic E-state index is 0.00793. The minimum Gasteiger partial charge on any atom is -0.489 e. The Balaban J connectivity index is 1.67. The lowest BCUT2D eigenvalue weighted by atomic mass is 9.98. The summed E-state index contributed by atoms with van der Waals surface area (Å²) in [5.41, 5.74) is 8.64. The number of ether oxygens (including phenoxy) is 2. The van der Waals surface area contributed by atoms with Crippen LogP contribution in [0.5, 0.6) is 5.75 Å². The van der Waals surface area contributed by atoms with E-state index in [9.17, 15) is 4.79 Å². The molecule has 1 aliphatic carbocycles. The number of rotatable bonds is 7. The Morgan fingerprint density at radius 2 is 2.00 bits per heavy atom. The van der Waals surface area contributed by atoms with Crippen molar-refractivity contribution >= 4 is 11.8 Å². The molecule has 172 valence electrons. The first kappa shape index (κ1) is 23.2. The molecular weight excluding hydrogens is 394 g/mol. The number of carbonyl (C=O) groups excluding carboxylic acids is 1. The molecule has 0 bridgehead atoms. The van der Waals surface area contributed by atoms with Crippen LogP contribution in [0.2, 0.25) is 0 Å². The maximum absolute atomic E-state index is 12.4. The van der Waals surface area contributed by atoms with E-state index in [0.29, 0.717) is 23.0 Å². The van der Waals surface area contributed by atoms with Crippen molar-refractivity contribution in [2.75, 3.05) is 26.7 Å². The lowest BCUT2D eigenvalue weighted by Crippen LogP contribution is -2.34. The van der Waals surface area contributed by atoms with E-state index in [-0.39, 0.29) is 18.8 Å². The van der Waals surface area contributed by atoms with Crippen LogP contribution in [0.15, 0.2) is 17.8 Å². The maximum atomic E-state index is 12.4. The molecule has 0 spiro atoms. The standard InChI is InChI=1S/C23H37N5O3/c1-4-17-12-13-28(14-17)23(29)30-15-20(27(3)25)22(24)19-10-11-21(16(2)26-19)31-18-8-6-5-7-9-18/h10-11,17-18H,4-9,12-15,24-25H2,1-3H3/b22-20-. The minimum atomic E-state index is -0.330. The van der Waals surface area contributed by atoms with Crippen molar-refractivity contribution < 1.29 is 14.3 Å². The van der Waals surface area contributed by atoms with Crippen LogP contribution >= 0.6 is 0 Å². The number of amides is 1. The molecule has 31 heavy (non-hydrogen) atoms. The third-order valence-electron chi connectivity index (χ3n) is 6.35. The van der Waals surface area contributed by atoms with E-state index in [4.69, 9.17) is 21.1 Å². The Bertz CT molecular complexity index is 789. The molecule has 1 amide bonds. The Morgan fingerprint density at radius 3 is 2.61 bits per heavy atom. The second-order valence-electron chi connectivity index (χ2n) is 8.69. The molecule has 2 heterocycles. The third-order valence-corrected chi connectivity index (χ3v) is 6.35. The number of nitrogens with zero attached hydrogens (tertiary/aromatic N) is 3. The van der Waals surface area contributed by atoms with Crippen molar-refractivity contribution in [3.63, 3.8) is 0 Å². The zero-order chi connectivity index (χ0) is 22.4. The van der Waals surface area contributed by atoms with E-state index in [2.05, 4.69) is 11.9 Å². The van der Waals surface area contributed by atoms with Crippen LogP contribution in [0, 0.1) is 12.8 Å². The molecule has 1 aliphatic heterocycles. The molecule has 4 N–H and O–H groups in total. The van der Waals surface area contributed by atoms with Crippen molar-refractivity contribution in [3.05, 3.63) is 29.2 Å². The van der Waals surface area contributed by atoms with Gasteiger partial charge in [-0.3, -0.25) is 0 Å². The molecule has 2 aliphatic rings. The Morgan fingerprint density at radius 1 is 1.26 bits per heavy atom. The molecule has 3 rings (SSSR count). The molecule has 2 fully saturated rings. The highest BCUT2D eigenvalue weighted by atomic mass is 16.6. The number of likely N-dealkylation sites (N-methyl/N-ethyl adjacent to an activating group) is 1. The average Bonchev–Trinajstić information content (AvgIpc) is 3.25. The summed E-state index contributed by atoms with van der Waals surface area (Å²) in [5.74, 6) is 7.32. The quantitative estimate of drug-likeness (QED) is 0.503. The number of hydrazine groups is 1. The summed E-state index contributed by atoms with van der Waals surface area (Å²) in [5, 5.41) is 1.38. The van der Waals surface area contributed by atoms with Gasteiger partial charge in [0.05, 0.1) is 28.9 Å². The summed E-state index contributed by atoms with van der Waals surface area (Å²) in [6.07, 6.45) is 7.91. The topological polar surface area (TPSA) is 107 Å². The second kappa shape index (κ2) is 10.7. The van der Waals surface area contributed by atoms with Crippen molar-refractivity contribution in [2.24, 2.45) is 17.5 Å². The number of hydrogen-bond acceptors (Lipinski definition) is 7. The summed E-state index contributed by atoms with van der Waals surface area (Å²) in [4.78, 5) is 18.8. The lowest BCUT2D eigenvalue weighted by Gasteiger charge is -2.24. The van der Waals surface area contributed by atoms with Gasteiger partial charge in [0.25, 0.3) is 0 Å². The Hall–Kier alpha value is -2.48. The molecular formula is C23H37N5O3. The smallest absolute Gasteiger partial charge is 0.410 e. The zero-order valence-electron chi connectivity index (χ0n) is 19.1. The van der Waals surface area contributed by atoms with Crippen LogP contribution in [0.25, 0.3) is 5.70 Å². The van der Waals surface area contributed by atoms with Gasteiger partial charge in [-0.25, -0.2) is 15.6 Å². The molecule has 0 radical (unpaired) electrons. The predicted octanol–water partition coefficient (Wildman–Crippen LogP) is 3.40. The fourth-order valence-electron chi connectivity index (χ4n) is 4.26. The van der Waals surface area contributed by atoms with Crippen LogP contribution < -0.4 is 16.3 Å². The van der Waals surface area contributed by atoms with Gasteiger partial charge >= 0.3 is 6.09 Å². The first-order valence-corrected chi connectivity index (χ1v) is 11.4. The van der Waals surface area contributed by atoms with Gasteiger partial charge in [0, 0.05) is 20.1 Å². The number of hydrogen-bond donors (Lipinski definition) is 2. The van der Waals surface area contributed by atoms with E-state index < -0.39 is 0 Å². The molecule has 1 aromatic heterocycles. The SMILES string of the molecule is CCC1CCN(C(=O)OC/C(=C(/N)c2ccc(OC3CCCCC3)c(C)n2)N(C)N)C1. The number of pyridine rings is 1. The number of likely N-dealkylation sites (tertiary alicyclic amines) is 1. The van der Waals surface area contributed by atoms with Gasteiger partial charge in [-0.15, -0.1) is 0 Å². The Kier molecular flexibility index (Phi) is 8.01. The van der Waals surface area contributed by atoms with Crippen LogP contribution in [0.3, 0.4) is 0 Å². The molecule has 8 nitrogen and oxygen atoms in total. The number of nitrogens with two attached hydrogens (primary N) is 2. The van der Waals surface area contributed by atoms with E-state index in [1.807, 2.05) is 19.1 Å². The Labute approximate surface area is 185 Å². The highest BCUT2D eigenvalue weighted by molar-refractivity contribution is 5.69. The van der Waals surface area contributed by atoms with Crippen LogP contribution in [-0.4, -0.2) is 53.8 Å². The molecule has 1 atom stereocenters. The number of carbonyl (C=O) groups is 1. The van der Waals surface area contributed by atoms with Crippen molar-refractivity contribution in [1.82, 2.24) is 14.9 Å². The third kappa shape index (κ3) is 6.03. The first-order chi connectivity index (χ1) is 14.9. The van der Waals surface area contributed by atoms with Gasteiger partial charge in [0.1, 0.15) is 12.4 Å². The summed E-state index contributed by atoms with van der Waals surface area (Å²) in [6, 6.07) is 3.74. The van der Waals surface area contributed by atoms with Crippen LogP contribution in [-0.2, 0) is 4.74 Å². The van der Waals surface area contributed by atoms with E-state index in [1.54, 1.807) is 11.9 Å². The highest BCUT2D eigenvalue weighted by Gasteiger charge is 2.26. The predicted molar refractivity (Wildman–Crippen MR) is 121 cm³/mol.